The van der Waals surface area contributed by atoms with Crippen LogP contribution < -0.4 is 11.3 Å². The van der Waals surface area contributed by atoms with Crippen LogP contribution in [0, 0.1) is 5.92 Å². The Balaban J connectivity index is 2.03. The van der Waals surface area contributed by atoms with Gasteiger partial charge in [-0.05, 0) is 12.3 Å². The number of hydrazine groups is 1. The zero-order valence-corrected chi connectivity index (χ0v) is 9.47. The second-order valence-corrected chi connectivity index (χ2v) is 5.30. The molecule has 2 atom stereocenters. The summed E-state index contributed by atoms with van der Waals surface area (Å²) in [5.74, 6) is 10.6. The number of anilines is 1. The molecule has 0 spiro atoms. The van der Waals surface area contributed by atoms with Gasteiger partial charge < -0.3 is 5.43 Å². The van der Waals surface area contributed by atoms with Crippen LogP contribution in [0.15, 0.2) is 0 Å². The maximum Gasteiger partial charge on any atom is 0.148 e. The van der Waals surface area contributed by atoms with E-state index in [0.717, 1.165) is 29.1 Å². The van der Waals surface area contributed by atoms with Crippen LogP contribution in [-0.2, 0) is 11.5 Å². The third-order valence-corrected chi connectivity index (χ3v) is 4.14. The largest absolute Gasteiger partial charge is 0.308 e. The lowest BCUT2D eigenvalue weighted by atomic mass is 10.2. The molecule has 0 aromatic carbocycles. The number of hydrogen-bond acceptors (Lipinski definition) is 5. The molecule has 1 fully saturated rings. The molecule has 3 rings (SSSR count). The summed E-state index contributed by atoms with van der Waals surface area (Å²) in [6.07, 6.45) is 1.22. The molecule has 0 amide bonds. The number of nitrogens with zero attached hydrogens (tertiary/aromatic N) is 2. The first kappa shape index (κ1) is 9.42. The minimum atomic E-state index is 0.563. The SMILES string of the molecule is CC1CC1c1nc2c(c(NN)n1)CSC2. The molecule has 1 aromatic heterocycles. The van der Waals surface area contributed by atoms with Gasteiger partial charge in [-0.3, -0.25) is 0 Å². The van der Waals surface area contributed by atoms with Crippen molar-refractivity contribution in [2.75, 3.05) is 5.43 Å². The van der Waals surface area contributed by atoms with E-state index in [2.05, 4.69) is 22.3 Å². The second kappa shape index (κ2) is 3.35. The first-order valence-corrected chi connectivity index (χ1v) is 6.39. The minimum absolute atomic E-state index is 0.563. The van der Waals surface area contributed by atoms with Gasteiger partial charge in [0.2, 0.25) is 0 Å². The van der Waals surface area contributed by atoms with Crippen molar-refractivity contribution in [3.8, 4) is 0 Å². The summed E-state index contributed by atoms with van der Waals surface area (Å²) in [5.41, 5.74) is 5.07. The fraction of sp³-hybridized carbons (Fsp3) is 0.600. The summed E-state index contributed by atoms with van der Waals surface area (Å²) in [5, 5.41) is 0. The number of nitrogen functional groups attached to an aromatic ring is 1. The highest BCUT2D eigenvalue weighted by atomic mass is 32.2. The highest BCUT2D eigenvalue weighted by Gasteiger charge is 2.37. The third kappa shape index (κ3) is 1.50. The summed E-state index contributed by atoms with van der Waals surface area (Å²) in [7, 11) is 0. The summed E-state index contributed by atoms with van der Waals surface area (Å²) in [6, 6.07) is 0. The Morgan fingerprint density at radius 1 is 1.40 bits per heavy atom. The number of hydrogen-bond donors (Lipinski definition) is 2. The Bertz CT molecular complexity index is 407. The molecule has 0 radical (unpaired) electrons. The van der Waals surface area contributed by atoms with E-state index < -0.39 is 0 Å². The Morgan fingerprint density at radius 2 is 2.20 bits per heavy atom. The summed E-state index contributed by atoms with van der Waals surface area (Å²) in [4.78, 5) is 9.16. The second-order valence-electron chi connectivity index (χ2n) is 4.31. The molecular formula is C10H14N4S. The van der Waals surface area contributed by atoms with Crippen LogP contribution in [0.3, 0.4) is 0 Å². The summed E-state index contributed by atoms with van der Waals surface area (Å²) >= 11 is 1.88. The molecule has 1 aromatic rings. The van der Waals surface area contributed by atoms with Crippen molar-refractivity contribution in [1.29, 1.82) is 0 Å². The average Bonchev–Trinajstić information content (AvgIpc) is 2.79. The lowest BCUT2D eigenvalue weighted by molar-refractivity contribution is 0.828. The Labute approximate surface area is 93.0 Å². The lowest BCUT2D eigenvalue weighted by Gasteiger charge is -2.08. The van der Waals surface area contributed by atoms with Gasteiger partial charge in [-0.15, -0.1) is 0 Å². The molecular weight excluding hydrogens is 208 g/mol. The van der Waals surface area contributed by atoms with Gasteiger partial charge in [-0.1, -0.05) is 6.92 Å². The first-order chi connectivity index (χ1) is 7.29. The van der Waals surface area contributed by atoms with E-state index >= 15 is 0 Å². The van der Waals surface area contributed by atoms with Crippen molar-refractivity contribution in [3.63, 3.8) is 0 Å². The molecule has 0 bridgehead atoms. The number of thioether (sulfide) groups is 1. The molecule has 2 heterocycles. The maximum atomic E-state index is 5.50. The van der Waals surface area contributed by atoms with Crippen LogP contribution in [0.25, 0.3) is 0 Å². The summed E-state index contributed by atoms with van der Waals surface area (Å²) < 4.78 is 0. The van der Waals surface area contributed by atoms with Gasteiger partial charge in [0.1, 0.15) is 11.6 Å². The molecule has 1 saturated carbocycles. The molecule has 5 heteroatoms. The van der Waals surface area contributed by atoms with E-state index in [1.54, 1.807) is 0 Å². The van der Waals surface area contributed by atoms with Crippen molar-refractivity contribution < 1.29 is 0 Å². The average molecular weight is 222 g/mol. The van der Waals surface area contributed by atoms with E-state index in [-0.39, 0.29) is 0 Å². The van der Waals surface area contributed by atoms with Gasteiger partial charge in [0.15, 0.2) is 0 Å². The number of rotatable bonds is 2. The lowest BCUT2D eigenvalue weighted by Crippen LogP contribution is -2.13. The Morgan fingerprint density at radius 3 is 2.87 bits per heavy atom. The quantitative estimate of drug-likeness (QED) is 0.588. The molecule has 0 saturated heterocycles. The third-order valence-electron chi connectivity index (χ3n) is 3.17. The van der Waals surface area contributed by atoms with Gasteiger partial charge in [0.05, 0.1) is 5.69 Å². The van der Waals surface area contributed by atoms with Crippen molar-refractivity contribution in [1.82, 2.24) is 9.97 Å². The van der Waals surface area contributed by atoms with Crippen LogP contribution in [0.1, 0.15) is 36.3 Å². The number of aromatic nitrogens is 2. The van der Waals surface area contributed by atoms with Crippen LogP contribution >= 0.6 is 11.8 Å². The predicted octanol–water partition coefficient (Wildman–Crippen LogP) is 1.63. The number of fused-ring (bicyclic) bond motifs is 1. The normalized spacial score (nSPS) is 27.6. The molecule has 3 N–H and O–H groups in total. The van der Waals surface area contributed by atoms with Crippen LogP contribution in [0.2, 0.25) is 0 Å². The fourth-order valence-corrected chi connectivity index (χ4v) is 3.08. The zero-order chi connectivity index (χ0) is 10.4. The predicted molar refractivity (Wildman–Crippen MR) is 61.4 cm³/mol. The van der Waals surface area contributed by atoms with Gasteiger partial charge in [0.25, 0.3) is 0 Å². The van der Waals surface area contributed by atoms with E-state index in [0.29, 0.717) is 5.92 Å². The topological polar surface area (TPSA) is 63.8 Å². The van der Waals surface area contributed by atoms with Gasteiger partial charge in [-0.2, -0.15) is 11.8 Å². The van der Waals surface area contributed by atoms with Crippen molar-refractivity contribution in [2.24, 2.45) is 11.8 Å². The molecule has 80 valence electrons. The Kier molecular flexibility index (Phi) is 2.10. The standard InChI is InChI=1S/C10H14N4S/c1-5-2-6(5)9-12-8-4-15-3-7(8)10(13-9)14-11/h5-6H,2-4,11H2,1H3,(H,12,13,14). The minimum Gasteiger partial charge on any atom is -0.308 e. The van der Waals surface area contributed by atoms with Crippen molar-refractivity contribution >= 4 is 17.6 Å². The van der Waals surface area contributed by atoms with E-state index in [9.17, 15) is 0 Å². The smallest absolute Gasteiger partial charge is 0.148 e. The molecule has 1 aliphatic carbocycles. The van der Waals surface area contributed by atoms with Crippen LogP contribution in [0.4, 0.5) is 5.82 Å². The van der Waals surface area contributed by atoms with Crippen molar-refractivity contribution in [2.45, 2.75) is 30.8 Å². The summed E-state index contributed by atoms with van der Waals surface area (Å²) in [6.45, 7) is 2.24. The number of nitrogens with one attached hydrogen (secondary N) is 1. The van der Waals surface area contributed by atoms with E-state index in [1.165, 1.54) is 17.7 Å². The van der Waals surface area contributed by atoms with Crippen LogP contribution in [-0.4, -0.2) is 9.97 Å². The molecule has 2 unspecified atom stereocenters. The molecule has 4 nitrogen and oxygen atoms in total. The zero-order valence-electron chi connectivity index (χ0n) is 8.66. The molecule has 15 heavy (non-hydrogen) atoms. The van der Waals surface area contributed by atoms with Crippen LogP contribution in [0.5, 0.6) is 0 Å². The highest BCUT2D eigenvalue weighted by Crippen LogP contribution is 2.46. The molecule has 2 aliphatic rings. The first-order valence-electron chi connectivity index (χ1n) is 5.23. The van der Waals surface area contributed by atoms with Gasteiger partial charge >= 0.3 is 0 Å². The van der Waals surface area contributed by atoms with Gasteiger partial charge in [-0.25, -0.2) is 15.8 Å². The highest BCUT2D eigenvalue weighted by molar-refractivity contribution is 7.98. The van der Waals surface area contributed by atoms with E-state index in [1.807, 2.05) is 11.8 Å². The van der Waals surface area contributed by atoms with Gasteiger partial charge in [0, 0.05) is 23.0 Å². The fourth-order valence-electron chi connectivity index (χ4n) is 2.04. The maximum absolute atomic E-state index is 5.50. The monoisotopic (exact) mass is 222 g/mol. The molecule has 1 aliphatic heterocycles. The Hall–Kier alpha value is -0.810. The van der Waals surface area contributed by atoms with E-state index in [4.69, 9.17) is 5.84 Å². The van der Waals surface area contributed by atoms with Crippen molar-refractivity contribution in [3.05, 3.63) is 17.1 Å². The number of nitrogens with two attached hydrogens (primary N) is 1.